The Labute approximate surface area is 263 Å². The standard InChI is InChI=1S/C35H38N6O4/c1-35(2,3)45-34(42)41-21-19-40(20-22-41)32-31-27(17-18-36-32)30(38-39(31)4)28-15-16-29(43-23-25-11-7-5-8-12-25)37-33(28)44-24-26-13-9-6-10-14-26/h5-18H,19-24H2,1-4H3. The number of amides is 1. The fourth-order valence-electron chi connectivity index (χ4n) is 5.32. The fraction of sp³-hybridized carbons (Fsp3) is 0.314. The van der Waals surface area contributed by atoms with Crippen LogP contribution in [0.4, 0.5) is 10.6 Å². The van der Waals surface area contributed by atoms with E-state index in [2.05, 4.69) is 4.90 Å². The maximum Gasteiger partial charge on any atom is 0.410 e. The lowest BCUT2D eigenvalue weighted by atomic mass is 10.1. The molecule has 0 spiro atoms. The minimum atomic E-state index is -0.531. The molecular weight excluding hydrogens is 568 g/mol. The molecule has 0 aliphatic carbocycles. The van der Waals surface area contributed by atoms with Crippen LogP contribution in [0, 0.1) is 0 Å². The number of piperazine rings is 1. The minimum Gasteiger partial charge on any atom is -0.473 e. The predicted molar refractivity (Wildman–Crippen MR) is 173 cm³/mol. The molecule has 10 nitrogen and oxygen atoms in total. The molecule has 45 heavy (non-hydrogen) atoms. The van der Waals surface area contributed by atoms with Crippen molar-refractivity contribution >= 4 is 22.8 Å². The second-order valence-corrected chi connectivity index (χ2v) is 12.0. The molecule has 0 radical (unpaired) electrons. The fourth-order valence-corrected chi connectivity index (χ4v) is 5.32. The van der Waals surface area contributed by atoms with Gasteiger partial charge in [-0.3, -0.25) is 4.68 Å². The summed E-state index contributed by atoms with van der Waals surface area (Å²) in [6, 6.07) is 25.8. The number of rotatable bonds is 8. The Morgan fingerprint density at radius 3 is 2.11 bits per heavy atom. The number of ether oxygens (including phenoxy) is 3. The number of hydrogen-bond donors (Lipinski definition) is 0. The van der Waals surface area contributed by atoms with Crippen LogP contribution in [0.15, 0.2) is 85.1 Å². The largest absolute Gasteiger partial charge is 0.473 e. The summed E-state index contributed by atoms with van der Waals surface area (Å²) in [6.07, 6.45) is 1.51. The topological polar surface area (TPSA) is 94.8 Å². The molecule has 1 fully saturated rings. The van der Waals surface area contributed by atoms with Crippen molar-refractivity contribution in [2.45, 2.75) is 39.6 Å². The lowest BCUT2D eigenvalue weighted by Crippen LogP contribution is -2.50. The Bertz CT molecular complexity index is 1760. The van der Waals surface area contributed by atoms with E-state index in [4.69, 9.17) is 29.3 Å². The molecule has 1 amide bonds. The Morgan fingerprint density at radius 2 is 1.47 bits per heavy atom. The highest BCUT2D eigenvalue weighted by Gasteiger charge is 2.28. The van der Waals surface area contributed by atoms with Gasteiger partial charge in [-0.1, -0.05) is 60.7 Å². The average molecular weight is 607 g/mol. The number of anilines is 1. The summed E-state index contributed by atoms with van der Waals surface area (Å²) in [5.41, 5.74) is 3.96. The highest BCUT2D eigenvalue weighted by atomic mass is 16.6. The molecule has 6 rings (SSSR count). The lowest BCUT2D eigenvalue weighted by Gasteiger charge is -2.36. The molecule has 1 saturated heterocycles. The minimum absolute atomic E-state index is 0.289. The molecule has 0 atom stereocenters. The average Bonchev–Trinajstić information content (AvgIpc) is 3.39. The highest BCUT2D eigenvalue weighted by Crippen LogP contribution is 2.37. The smallest absolute Gasteiger partial charge is 0.410 e. The van der Waals surface area contributed by atoms with E-state index in [1.165, 1.54) is 0 Å². The van der Waals surface area contributed by atoms with Gasteiger partial charge in [0.2, 0.25) is 11.8 Å². The van der Waals surface area contributed by atoms with Crippen molar-refractivity contribution in [3.8, 4) is 23.0 Å². The Kier molecular flexibility index (Phi) is 8.55. The van der Waals surface area contributed by atoms with Gasteiger partial charge >= 0.3 is 6.09 Å². The van der Waals surface area contributed by atoms with Crippen molar-refractivity contribution in [1.29, 1.82) is 0 Å². The second-order valence-electron chi connectivity index (χ2n) is 12.0. The van der Waals surface area contributed by atoms with E-state index in [-0.39, 0.29) is 6.09 Å². The maximum absolute atomic E-state index is 12.6. The van der Waals surface area contributed by atoms with E-state index in [1.807, 2.05) is 111 Å². The van der Waals surface area contributed by atoms with Gasteiger partial charge in [0.15, 0.2) is 5.82 Å². The van der Waals surface area contributed by atoms with Crippen molar-refractivity contribution < 1.29 is 19.0 Å². The number of aryl methyl sites for hydroxylation is 1. The van der Waals surface area contributed by atoms with Crippen LogP contribution in [-0.2, 0) is 25.0 Å². The van der Waals surface area contributed by atoms with Gasteiger partial charge in [-0.05, 0) is 44.0 Å². The molecule has 3 aromatic heterocycles. The van der Waals surface area contributed by atoms with Crippen LogP contribution in [-0.4, -0.2) is 62.5 Å². The van der Waals surface area contributed by atoms with Crippen LogP contribution in [0.1, 0.15) is 31.9 Å². The number of hydrogen-bond acceptors (Lipinski definition) is 8. The van der Waals surface area contributed by atoms with E-state index < -0.39 is 5.60 Å². The first-order valence-electron chi connectivity index (χ1n) is 15.1. The van der Waals surface area contributed by atoms with Crippen molar-refractivity contribution in [2.24, 2.45) is 7.05 Å². The van der Waals surface area contributed by atoms with E-state index in [1.54, 1.807) is 11.1 Å². The predicted octanol–water partition coefficient (Wildman–Crippen LogP) is 6.25. The molecule has 232 valence electrons. The molecule has 0 bridgehead atoms. The number of nitrogens with zero attached hydrogens (tertiary/aromatic N) is 6. The number of carbonyl (C=O) groups is 1. The molecule has 4 heterocycles. The summed E-state index contributed by atoms with van der Waals surface area (Å²) in [4.78, 5) is 26.1. The quantitative estimate of drug-likeness (QED) is 0.205. The van der Waals surface area contributed by atoms with Crippen LogP contribution in [0.25, 0.3) is 22.2 Å². The Balaban J connectivity index is 1.29. The van der Waals surface area contributed by atoms with Crippen LogP contribution in [0.2, 0.25) is 0 Å². The summed E-state index contributed by atoms with van der Waals surface area (Å²) in [7, 11) is 1.92. The molecule has 0 saturated carbocycles. The number of aromatic nitrogens is 4. The molecule has 5 aromatic rings. The molecule has 1 aliphatic heterocycles. The Morgan fingerprint density at radius 1 is 0.822 bits per heavy atom. The molecule has 0 N–H and O–H groups in total. The second kappa shape index (κ2) is 12.9. The molecule has 1 aliphatic rings. The SMILES string of the molecule is Cn1nc(-c2ccc(OCc3ccccc3)nc2OCc2ccccc2)c2ccnc(N3CCN(C(=O)OC(C)(C)C)CC3)c21. The van der Waals surface area contributed by atoms with Gasteiger partial charge in [-0.2, -0.15) is 10.1 Å². The first kappa shape index (κ1) is 29.9. The van der Waals surface area contributed by atoms with Crippen LogP contribution < -0.4 is 14.4 Å². The summed E-state index contributed by atoms with van der Waals surface area (Å²) < 4.78 is 19.8. The molecule has 10 heteroatoms. The molecular formula is C35H38N6O4. The van der Waals surface area contributed by atoms with Crippen LogP contribution in [0.5, 0.6) is 11.8 Å². The van der Waals surface area contributed by atoms with Gasteiger partial charge in [0, 0.05) is 50.9 Å². The van der Waals surface area contributed by atoms with Gasteiger partial charge in [0.1, 0.15) is 30.0 Å². The number of benzene rings is 2. The maximum atomic E-state index is 12.6. The van der Waals surface area contributed by atoms with Gasteiger partial charge in [-0.25, -0.2) is 9.78 Å². The van der Waals surface area contributed by atoms with Crippen molar-refractivity contribution in [3.63, 3.8) is 0 Å². The first-order chi connectivity index (χ1) is 21.7. The summed E-state index contributed by atoms with van der Waals surface area (Å²) in [5, 5.41) is 5.87. The highest BCUT2D eigenvalue weighted by molar-refractivity contribution is 5.99. The molecule has 2 aromatic carbocycles. The number of pyridine rings is 2. The van der Waals surface area contributed by atoms with Gasteiger partial charge < -0.3 is 24.0 Å². The van der Waals surface area contributed by atoms with E-state index in [0.29, 0.717) is 51.2 Å². The first-order valence-corrected chi connectivity index (χ1v) is 15.1. The molecule has 0 unspecified atom stereocenters. The third-order valence-electron chi connectivity index (χ3n) is 7.50. The van der Waals surface area contributed by atoms with Gasteiger partial charge in [-0.15, -0.1) is 0 Å². The zero-order valence-electron chi connectivity index (χ0n) is 26.1. The Hall–Kier alpha value is -5.12. The van der Waals surface area contributed by atoms with Crippen molar-refractivity contribution in [2.75, 3.05) is 31.1 Å². The normalized spacial score (nSPS) is 13.6. The lowest BCUT2D eigenvalue weighted by molar-refractivity contribution is 0.0240. The van der Waals surface area contributed by atoms with Crippen LogP contribution >= 0.6 is 0 Å². The monoisotopic (exact) mass is 606 g/mol. The zero-order valence-corrected chi connectivity index (χ0v) is 26.1. The third-order valence-corrected chi connectivity index (χ3v) is 7.50. The summed E-state index contributed by atoms with van der Waals surface area (Å²) in [5.74, 6) is 1.73. The van der Waals surface area contributed by atoms with Gasteiger partial charge in [0.05, 0.1) is 5.56 Å². The van der Waals surface area contributed by atoms with E-state index in [0.717, 1.165) is 39.1 Å². The zero-order chi connectivity index (χ0) is 31.4. The summed E-state index contributed by atoms with van der Waals surface area (Å²) in [6.45, 7) is 8.74. The van der Waals surface area contributed by atoms with Crippen molar-refractivity contribution in [1.82, 2.24) is 24.6 Å². The van der Waals surface area contributed by atoms with Gasteiger partial charge in [0.25, 0.3) is 0 Å². The summed E-state index contributed by atoms with van der Waals surface area (Å²) >= 11 is 0. The van der Waals surface area contributed by atoms with E-state index in [9.17, 15) is 4.79 Å². The third kappa shape index (κ3) is 7.01. The van der Waals surface area contributed by atoms with E-state index >= 15 is 0 Å². The van der Waals surface area contributed by atoms with Crippen molar-refractivity contribution in [3.05, 3.63) is 96.2 Å². The number of carbonyl (C=O) groups excluding carboxylic acids is 1. The van der Waals surface area contributed by atoms with Crippen LogP contribution in [0.3, 0.4) is 0 Å². The number of fused-ring (bicyclic) bond motifs is 1.